The maximum Gasteiger partial charge on any atom is 0.255 e. The lowest BCUT2D eigenvalue weighted by atomic mass is 9.78. The first-order chi connectivity index (χ1) is 10.3. The fraction of sp³-hybridized carbons (Fsp3) is 0.588. The minimum Gasteiger partial charge on any atom is -0.335 e. The van der Waals surface area contributed by atoms with Gasteiger partial charge in [-0.05, 0) is 37.7 Å². The number of hydrogen-bond acceptors (Lipinski definition) is 3. The van der Waals surface area contributed by atoms with E-state index in [1.54, 1.807) is 0 Å². The zero-order valence-electron chi connectivity index (χ0n) is 12.3. The first-order valence-electron chi connectivity index (χ1n) is 7.88. The molecule has 0 bridgehead atoms. The van der Waals surface area contributed by atoms with E-state index in [0.29, 0.717) is 12.6 Å². The molecule has 3 rings (SSSR count). The molecule has 21 heavy (non-hydrogen) atoms. The number of carbonyl (C=O) groups excluding carboxylic acids is 1. The Bertz CT molecular complexity index is 567. The van der Waals surface area contributed by atoms with Crippen LogP contribution in [-0.2, 0) is 0 Å². The number of fused-ring (bicyclic) bond motifs is 1. The van der Waals surface area contributed by atoms with E-state index in [0.717, 1.165) is 29.3 Å². The molecule has 2 N–H and O–H groups in total. The number of likely N-dealkylation sites (tertiary alicyclic amines) is 1. The highest BCUT2D eigenvalue weighted by molar-refractivity contribution is 7.10. The second kappa shape index (κ2) is 6.64. The van der Waals surface area contributed by atoms with Crippen molar-refractivity contribution >= 4 is 17.2 Å². The highest BCUT2D eigenvalue weighted by Crippen LogP contribution is 2.36. The minimum atomic E-state index is 0.198. The summed E-state index contributed by atoms with van der Waals surface area (Å²) in [7, 11) is 0. The lowest BCUT2D eigenvalue weighted by Crippen LogP contribution is -2.49. The predicted octanol–water partition coefficient (Wildman–Crippen LogP) is 2.85. The topological polar surface area (TPSA) is 46.3 Å². The van der Waals surface area contributed by atoms with Crippen molar-refractivity contribution in [3.8, 4) is 11.8 Å². The molecule has 1 aliphatic carbocycles. The summed E-state index contributed by atoms with van der Waals surface area (Å²) in [6.45, 7) is 1.27. The summed E-state index contributed by atoms with van der Waals surface area (Å²) in [5.41, 5.74) is 6.19. The van der Waals surface area contributed by atoms with Gasteiger partial charge in [0.15, 0.2) is 0 Å². The van der Waals surface area contributed by atoms with Crippen LogP contribution in [0.25, 0.3) is 0 Å². The van der Waals surface area contributed by atoms with Crippen molar-refractivity contribution in [1.29, 1.82) is 0 Å². The van der Waals surface area contributed by atoms with E-state index in [2.05, 4.69) is 16.7 Å². The number of rotatable bonds is 1. The van der Waals surface area contributed by atoms with Gasteiger partial charge < -0.3 is 10.6 Å². The number of nitrogens with two attached hydrogens (primary N) is 1. The van der Waals surface area contributed by atoms with Crippen molar-refractivity contribution in [2.75, 3.05) is 13.1 Å². The van der Waals surface area contributed by atoms with E-state index in [-0.39, 0.29) is 5.91 Å². The van der Waals surface area contributed by atoms with Crippen LogP contribution in [0, 0.1) is 17.8 Å². The van der Waals surface area contributed by atoms with E-state index >= 15 is 0 Å². The van der Waals surface area contributed by atoms with Gasteiger partial charge in [0.1, 0.15) is 0 Å². The van der Waals surface area contributed by atoms with Crippen molar-refractivity contribution in [2.45, 2.75) is 44.6 Å². The SMILES string of the molecule is NCC#Cc1cc(C(=O)N2CCC[C@H]3CCCC[C@H]32)cs1. The highest BCUT2D eigenvalue weighted by Gasteiger charge is 2.36. The van der Waals surface area contributed by atoms with E-state index in [4.69, 9.17) is 5.73 Å². The molecule has 1 aromatic heterocycles. The van der Waals surface area contributed by atoms with Crippen LogP contribution in [0.3, 0.4) is 0 Å². The third-order valence-corrected chi connectivity index (χ3v) is 5.51. The monoisotopic (exact) mass is 302 g/mol. The van der Waals surface area contributed by atoms with Crippen LogP contribution in [0.15, 0.2) is 11.4 Å². The maximum atomic E-state index is 12.8. The summed E-state index contributed by atoms with van der Waals surface area (Å²) in [5.74, 6) is 6.78. The van der Waals surface area contributed by atoms with E-state index < -0.39 is 0 Å². The first-order valence-corrected chi connectivity index (χ1v) is 8.76. The van der Waals surface area contributed by atoms with Gasteiger partial charge >= 0.3 is 0 Å². The zero-order valence-corrected chi connectivity index (χ0v) is 13.1. The van der Waals surface area contributed by atoms with E-state index in [1.807, 2.05) is 11.4 Å². The molecule has 2 atom stereocenters. The fourth-order valence-corrected chi connectivity index (χ4v) is 4.44. The Labute approximate surface area is 130 Å². The molecule has 112 valence electrons. The van der Waals surface area contributed by atoms with Crippen LogP contribution >= 0.6 is 11.3 Å². The van der Waals surface area contributed by atoms with Crippen LogP contribution in [-0.4, -0.2) is 29.9 Å². The average molecular weight is 302 g/mol. The number of piperidine rings is 1. The molecule has 0 radical (unpaired) electrons. The summed E-state index contributed by atoms with van der Waals surface area (Å²) in [4.78, 5) is 15.9. The fourth-order valence-electron chi connectivity index (χ4n) is 3.69. The quantitative estimate of drug-likeness (QED) is 0.811. The van der Waals surface area contributed by atoms with Crippen molar-refractivity contribution < 1.29 is 4.79 Å². The Morgan fingerprint density at radius 1 is 1.33 bits per heavy atom. The highest BCUT2D eigenvalue weighted by atomic mass is 32.1. The molecule has 1 aromatic rings. The molecule has 2 heterocycles. The Morgan fingerprint density at radius 3 is 3.00 bits per heavy atom. The van der Waals surface area contributed by atoms with Crippen LogP contribution in [0.1, 0.15) is 53.8 Å². The minimum absolute atomic E-state index is 0.198. The molecule has 2 fully saturated rings. The Kier molecular flexibility index (Phi) is 4.62. The number of hydrogen-bond donors (Lipinski definition) is 1. The van der Waals surface area contributed by atoms with Gasteiger partial charge in [-0.1, -0.05) is 24.7 Å². The van der Waals surface area contributed by atoms with E-state index in [9.17, 15) is 4.79 Å². The van der Waals surface area contributed by atoms with Crippen LogP contribution < -0.4 is 5.73 Å². The third-order valence-electron chi connectivity index (χ3n) is 4.66. The molecule has 1 aliphatic heterocycles. The number of nitrogens with zero attached hydrogens (tertiary/aromatic N) is 1. The second-order valence-electron chi connectivity index (χ2n) is 5.96. The van der Waals surface area contributed by atoms with Crippen molar-refractivity contribution in [3.05, 3.63) is 21.9 Å². The van der Waals surface area contributed by atoms with Crippen LogP contribution in [0.2, 0.25) is 0 Å². The maximum absolute atomic E-state index is 12.8. The molecular formula is C17H22N2OS. The van der Waals surface area contributed by atoms with E-state index in [1.165, 1.54) is 43.4 Å². The molecule has 1 amide bonds. The summed E-state index contributed by atoms with van der Waals surface area (Å²) >= 11 is 1.53. The van der Waals surface area contributed by atoms with Gasteiger partial charge in [-0.2, -0.15) is 0 Å². The molecule has 0 unspecified atom stereocenters. The standard InChI is InChI=1S/C17H22N2OS/c18-9-3-7-15-11-14(12-21-15)17(20)19-10-4-6-13-5-1-2-8-16(13)19/h11-13,16H,1-2,4-6,8-10,18H2/t13-,16-/m1/s1. The van der Waals surface area contributed by atoms with Crippen molar-refractivity contribution in [3.63, 3.8) is 0 Å². The second-order valence-corrected chi connectivity index (χ2v) is 6.87. The molecule has 4 heteroatoms. The summed E-state index contributed by atoms with van der Waals surface area (Å²) in [6.07, 6.45) is 7.52. The summed E-state index contributed by atoms with van der Waals surface area (Å²) in [6, 6.07) is 2.39. The van der Waals surface area contributed by atoms with Gasteiger partial charge in [-0.25, -0.2) is 0 Å². The predicted molar refractivity (Wildman–Crippen MR) is 86.3 cm³/mol. The van der Waals surface area contributed by atoms with Crippen LogP contribution in [0.4, 0.5) is 0 Å². The Hall–Kier alpha value is -1.31. The van der Waals surface area contributed by atoms with Crippen LogP contribution in [0.5, 0.6) is 0 Å². The zero-order chi connectivity index (χ0) is 14.7. The molecule has 3 nitrogen and oxygen atoms in total. The van der Waals surface area contributed by atoms with Gasteiger partial charge in [0.2, 0.25) is 0 Å². The number of thiophene rings is 1. The summed E-state index contributed by atoms with van der Waals surface area (Å²) in [5, 5.41) is 1.94. The molecule has 1 saturated heterocycles. The molecule has 0 aromatic carbocycles. The van der Waals surface area contributed by atoms with Gasteiger partial charge in [-0.3, -0.25) is 4.79 Å². The van der Waals surface area contributed by atoms with Gasteiger partial charge in [0.25, 0.3) is 5.91 Å². The third kappa shape index (κ3) is 3.14. The number of carbonyl (C=O) groups is 1. The Morgan fingerprint density at radius 2 is 2.14 bits per heavy atom. The lowest BCUT2D eigenvalue weighted by molar-refractivity contribution is 0.0391. The molecule has 2 aliphatic rings. The smallest absolute Gasteiger partial charge is 0.255 e. The average Bonchev–Trinajstić information content (AvgIpc) is 3.00. The lowest BCUT2D eigenvalue weighted by Gasteiger charge is -2.44. The molecular weight excluding hydrogens is 280 g/mol. The largest absolute Gasteiger partial charge is 0.335 e. The summed E-state index contributed by atoms with van der Waals surface area (Å²) < 4.78 is 0. The van der Waals surface area contributed by atoms with Gasteiger partial charge in [0, 0.05) is 18.0 Å². The van der Waals surface area contributed by atoms with Crippen molar-refractivity contribution in [2.24, 2.45) is 11.7 Å². The van der Waals surface area contributed by atoms with Gasteiger partial charge in [0.05, 0.1) is 17.0 Å². The number of amides is 1. The first kappa shape index (κ1) is 14.6. The normalized spacial score (nSPS) is 24.9. The molecule has 0 spiro atoms. The Balaban J connectivity index is 1.75. The molecule has 1 saturated carbocycles. The van der Waals surface area contributed by atoms with Gasteiger partial charge in [-0.15, -0.1) is 11.3 Å². The van der Waals surface area contributed by atoms with Crippen molar-refractivity contribution in [1.82, 2.24) is 4.90 Å².